The van der Waals surface area contributed by atoms with Crippen molar-refractivity contribution in [3.05, 3.63) is 0 Å². The Kier molecular flexibility index (Phi) is 4.98. The van der Waals surface area contributed by atoms with Gasteiger partial charge in [-0.25, -0.2) is 0 Å². The maximum absolute atomic E-state index is 3.92. The highest BCUT2D eigenvalue weighted by Gasteiger charge is 2.31. The van der Waals surface area contributed by atoms with E-state index in [9.17, 15) is 0 Å². The minimum Gasteiger partial charge on any atom is -0.313 e. The van der Waals surface area contributed by atoms with Crippen LogP contribution in [-0.4, -0.2) is 12.6 Å². The molecule has 0 aromatic rings. The average molecular weight is 265 g/mol. The first-order valence-electron chi connectivity index (χ1n) is 8.62. The van der Waals surface area contributed by atoms with Gasteiger partial charge in [-0.2, -0.15) is 0 Å². The zero-order chi connectivity index (χ0) is 13.9. The Balaban J connectivity index is 1.76. The van der Waals surface area contributed by atoms with E-state index >= 15 is 0 Å². The maximum Gasteiger partial charge on any atom is 0.00674 e. The Morgan fingerprint density at radius 2 is 1.63 bits per heavy atom. The molecule has 112 valence electrons. The van der Waals surface area contributed by atoms with Crippen molar-refractivity contribution >= 4 is 0 Å². The molecule has 19 heavy (non-hydrogen) atoms. The predicted octanol–water partition coefficient (Wildman–Crippen LogP) is 5.15. The van der Waals surface area contributed by atoms with E-state index < -0.39 is 0 Å². The molecule has 0 aromatic heterocycles. The molecule has 2 rings (SSSR count). The molecule has 2 aliphatic rings. The van der Waals surface area contributed by atoms with Gasteiger partial charge in [0.2, 0.25) is 0 Å². The molecule has 1 heteroatoms. The van der Waals surface area contributed by atoms with Gasteiger partial charge in [0, 0.05) is 12.6 Å². The third-order valence-corrected chi connectivity index (χ3v) is 5.82. The molecule has 1 nitrogen and oxygen atoms in total. The van der Waals surface area contributed by atoms with Crippen molar-refractivity contribution in [1.29, 1.82) is 0 Å². The molecule has 2 unspecified atom stereocenters. The summed E-state index contributed by atoms with van der Waals surface area (Å²) in [7, 11) is 0. The van der Waals surface area contributed by atoms with E-state index in [-0.39, 0.29) is 0 Å². The van der Waals surface area contributed by atoms with Crippen LogP contribution in [0.2, 0.25) is 0 Å². The summed E-state index contributed by atoms with van der Waals surface area (Å²) < 4.78 is 0. The summed E-state index contributed by atoms with van der Waals surface area (Å²) >= 11 is 0. The van der Waals surface area contributed by atoms with Gasteiger partial charge in [0.1, 0.15) is 0 Å². The minimum absolute atomic E-state index is 0.506. The molecule has 2 saturated carbocycles. The van der Waals surface area contributed by atoms with Gasteiger partial charge in [-0.15, -0.1) is 0 Å². The van der Waals surface area contributed by atoms with Gasteiger partial charge in [-0.05, 0) is 55.3 Å². The third-order valence-electron chi connectivity index (χ3n) is 5.82. The van der Waals surface area contributed by atoms with Gasteiger partial charge in [-0.3, -0.25) is 0 Å². The van der Waals surface area contributed by atoms with Gasteiger partial charge < -0.3 is 5.32 Å². The Morgan fingerprint density at radius 3 is 2.26 bits per heavy atom. The molecule has 0 aliphatic heterocycles. The van der Waals surface area contributed by atoms with Crippen molar-refractivity contribution in [2.24, 2.45) is 16.7 Å². The van der Waals surface area contributed by atoms with Crippen molar-refractivity contribution < 1.29 is 0 Å². The lowest BCUT2D eigenvalue weighted by atomic mass is 9.76. The van der Waals surface area contributed by atoms with E-state index in [0.717, 1.165) is 12.0 Å². The lowest BCUT2D eigenvalue weighted by Gasteiger charge is -2.30. The lowest BCUT2D eigenvalue weighted by Crippen LogP contribution is -2.37. The molecule has 0 bridgehead atoms. The van der Waals surface area contributed by atoms with E-state index in [1.165, 1.54) is 64.3 Å². The number of hydrogen-bond acceptors (Lipinski definition) is 1. The molecule has 0 saturated heterocycles. The van der Waals surface area contributed by atoms with Crippen LogP contribution < -0.4 is 5.32 Å². The van der Waals surface area contributed by atoms with E-state index in [4.69, 9.17) is 0 Å². The van der Waals surface area contributed by atoms with Crippen molar-refractivity contribution in [3.8, 4) is 0 Å². The van der Waals surface area contributed by atoms with E-state index in [2.05, 4.69) is 33.0 Å². The second kappa shape index (κ2) is 6.16. The summed E-state index contributed by atoms with van der Waals surface area (Å²) in [5.74, 6) is 0.932. The molecule has 0 aromatic carbocycles. The highest BCUT2D eigenvalue weighted by Crippen LogP contribution is 2.39. The molecule has 2 atom stereocenters. The Labute approximate surface area is 120 Å². The van der Waals surface area contributed by atoms with Crippen LogP contribution in [0.15, 0.2) is 0 Å². The third kappa shape index (κ3) is 4.48. The van der Waals surface area contributed by atoms with Crippen LogP contribution in [0.5, 0.6) is 0 Å². The van der Waals surface area contributed by atoms with Crippen LogP contribution in [0.4, 0.5) is 0 Å². The Hall–Kier alpha value is -0.0400. The summed E-state index contributed by atoms with van der Waals surface area (Å²) in [4.78, 5) is 0. The fourth-order valence-electron chi connectivity index (χ4n) is 4.17. The molecule has 0 radical (unpaired) electrons. The van der Waals surface area contributed by atoms with Crippen molar-refractivity contribution in [2.45, 2.75) is 91.5 Å². The molecular weight excluding hydrogens is 230 g/mol. The lowest BCUT2D eigenvalue weighted by molar-refractivity contribution is 0.212. The van der Waals surface area contributed by atoms with Crippen LogP contribution in [0.25, 0.3) is 0 Å². The van der Waals surface area contributed by atoms with Crippen molar-refractivity contribution in [1.82, 2.24) is 5.32 Å². The summed E-state index contributed by atoms with van der Waals surface area (Å²) in [6, 6.07) is 0.796. The fourth-order valence-corrected chi connectivity index (χ4v) is 4.17. The standard InChI is InChI=1S/C18H35N/c1-17(2,3)15-8-7-9-16(11-10-15)19-14-18(4)12-5-6-13-18/h15-16,19H,5-14H2,1-4H3. The SMILES string of the molecule is CC1(CNC2CCCC(C(C)(C)C)CC2)CCCC1. The van der Waals surface area contributed by atoms with Gasteiger partial charge in [-0.1, -0.05) is 47.0 Å². The quantitative estimate of drug-likeness (QED) is 0.696. The second-order valence-corrected chi connectivity index (χ2v) is 8.67. The minimum atomic E-state index is 0.506. The van der Waals surface area contributed by atoms with Crippen molar-refractivity contribution in [2.75, 3.05) is 6.54 Å². The first kappa shape index (κ1) is 15.4. The fraction of sp³-hybridized carbons (Fsp3) is 1.00. The monoisotopic (exact) mass is 265 g/mol. The summed E-state index contributed by atoms with van der Waals surface area (Å²) in [6.45, 7) is 11.0. The Morgan fingerprint density at radius 1 is 0.947 bits per heavy atom. The number of rotatable bonds is 3. The molecule has 0 heterocycles. The normalized spacial score (nSPS) is 32.2. The molecule has 0 amide bonds. The van der Waals surface area contributed by atoms with Crippen molar-refractivity contribution in [3.63, 3.8) is 0 Å². The number of hydrogen-bond donors (Lipinski definition) is 1. The number of nitrogens with one attached hydrogen (secondary N) is 1. The molecule has 0 spiro atoms. The summed E-state index contributed by atoms with van der Waals surface area (Å²) in [6.07, 6.45) is 12.9. The molecule has 1 N–H and O–H groups in total. The summed E-state index contributed by atoms with van der Waals surface area (Å²) in [5, 5.41) is 3.92. The first-order chi connectivity index (χ1) is 8.89. The van der Waals surface area contributed by atoms with Crippen LogP contribution in [0, 0.1) is 16.7 Å². The average Bonchev–Trinajstić information content (AvgIpc) is 2.62. The van der Waals surface area contributed by atoms with Gasteiger partial charge in [0.05, 0.1) is 0 Å². The first-order valence-corrected chi connectivity index (χ1v) is 8.62. The van der Waals surface area contributed by atoms with Crippen LogP contribution in [-0.2, 0) is 0 Å². The Bertz CT molecular complexity index is 270. The topological polar surface area (TPSA) is 12.0 Å². The molecule has 2 aliphatic carbocycles. The van der Waals surface area contributed by atoms with E-state index in [1.54, 1.807) is 0 Å². The predicted molar refractivity (Wildman–Crippen MR) is 84.4 cm³/mol. The van der Waals surface area contributed by atoms with Crippen LogP contribution in [0.3, 0.4) is 0 Å². The smallest absolute Gasteiger partial charge is 0.00674 e. The van der Waals surface area contributed by atoms with E-state index in [1.807, 2.05) is 0 Å². The summed E-state index contributed by atoms with van der Waals surface area (Å²) in [5.41, 5.74) is 1.11. The largest absolute Gasteiger partial charge is 0.313 e. The maximum atomic E-state index is 3.92. The zero-order valence-corrected chi connectivity index (χ0v) is 13.7. The van der Waals surface area contributed by atoms with E-state index in [0.29, 0.717) is 10.8 Å². The highest BCUT2D eigenvalue weighted by molar-refractivity contribution is 4.86. The van der Waals surface area contributed by atoms with Gasteiger partial charge in [0.15, 0.2) is 0 Å². The van der Waals surface area contributed by atoms with Gasteiger partial charge >= 0.3 is 0 Å². The van der Waals surface area contributed by atoms with Crippen LogP contribution in [0.1, 0.15) is 85.5 Å². The zero-order valence-electron chi connectivity index (χ0n) is 13.7. The van der Waals surface area contributed by atoms with Crippen LogP contribution >= 0.6 is 0 Å². The molecular formula is C18H35N. The second-order valence-electron chi connectivity index (χ2n) is 8.67. The van der Waals surface area contributed by atoms with Gasteiger partial charge in [0.25, 0.3) is 0 Å². The highest BCUT2D eigenvalue weighted by atomic mass is 14.9. The molecule has 2 fully saturated rings.